The lowest BCUT2D eigenvalue weighted by Gasteiger charge is -2.12. The van der Waals surface area contributed by atoms with Crippen molar-refractivity contribution in [1.82, 2.24) is 0 Å². The van der Waals surface area contributed by atoms with Crippen LogP contribution < -0.4 is 0 Å². The zero-order chi connectivity index (χ0) is 13.4. The molecule has 17 heavy (non-hydrogen) atoms. The van der Waals surface area contributed by atoms with Gasteiger partial charge >= 0.3 is 0 Å². The second-order valence-corrected chi connectivity index (χ2v) is 4.92. The van der Waals surface area contributed by atoms with Crippen molar-refractivity contribution < 1.29 is 13.0 Å². The summed E-state index contributed by atoms with van der Waals surface area (Å²) in [7, 11) is -4.54. The molecule has 0 heterocycles. The van der Waals surface area contributed by atoms with Gasteiger partial charge in [-0.3, -0.25) is 4.55 Å². The number of hydrogen-bond acceptors (Lipinski definition) is 6. The van der Waals surface area contributed by atoms with E-state index in [-0.39, 0.29) is 28.1 Å². The van der Waals surface area contributed by atoms with Gasteiger partial charge in [0, 0.05) is 16.7 Å². The summed E-state index contributed by atoms with van der Waals surface area (Å²) >= 11 is 0. The van der Waals surface area contributed by atoms with Crippen LogP contribution in [0.1, 0.15) is 16.7 Å². The molecule has 0 saturated carbocycles. The Bertz CT molecular complexity index is 571. The molecule has 8 heteroatoms. The van der Waals surface area contributed by atoms with E-state index >= 15 is 0 Å². The molecule has 0 aromatic heterocycles. The van der Waals surface area contributed by atoms with Crippen LogP contribution in [0.5, 0.6) is 0 Å². The SMILES string of the molecule is Cc1c(N=O)c(C)c(S(=O)(=O)O)c(C)c1N=O. The molecular formula is C9H10N2O5S. The average Bonchev–Trinajstić information content (AvgIpc) is 2.16. The van der Waals surface area contributed by atoms with Gasteiger partial charge in [0.25, 0.3) is 10.1 Å². The van der Waals surface area contributed by atoms with Crippen molar-refractivity contribution in [3.05, 3.63) is 26.5 Å². The fourth-order valence-corrected chi connectivity index (χ4v) is 2.80. The number of hydrogen-bond donors (Lipinski definition) is 1. The highest BCUT2D eigenvalue weighted by Gasteiger charge is 2.25. The van der Waals surface area contributed by atoms with Crippen molar-refractivity contribution >= 4 is 21.5 Å². The van der Waals surface area contributed by atoms with Gasteiger partial charge in [-0.2, -0.15) is 8.42 Å². The predicted octanol–water partition coefficient (Wildman–Crippen LogP) is 2.65. The van der Waals surface area contributed by atoms with Crippen molar-refractivity contribution in [3.8, 4) is 0 Å². The second-order valence-electron chi connectivity index (χ2n) is 3.56. The lowest BCUT2D eigenvalue weighted by atomic mass is 10.0. The van der Waals surface area contributed by atoms with Gasteiger partial charge in [-0.25, -0.2) is 0 Å². The quantitative estimate of drug-likeness (QED) is 0.661. The van der Waals surface area contributed by atoms with Gasteiger partial charge in [-0.15, -0.1) is 9.81 Å². The van der Waals surface area contributed by atoms with E-state index in [4.69, 9.17) is 4.55 Å². The summed E-state index contributed by atoms with van der Waals surface area (Å²) in [4.78, 5) is 20.8. The van der Waals surface area contributed by atoms with E-state index in [0.717, 1.165) is 0 Å². The first-order valence-corrected chi connectivity index (χ1v) is 5.97. The fourth-order valence-electron chi connectivity index (χ4n) is 1.83. The molecule has 0 saturated heterocycles. The third kappa shape index (κ3) is 2.08. The lowest BCUT2D eigenvalue weighted by molar-refractivity contribution is 0.482. The van der Waals surface area contributed by atoms with Crippen LogP contribution in [0.15, 0.2) is 15.2 Å². The van der Waals surface area contributed by atoms with E-state index in [2.05, 4.69) is 10.4 Å². The minimum absolute atomic E-state index is 0.00454. The number of rotatable bonds is 3. The average molecular weight is 258 g/mol. The van der Waals surface area contributed by atoms with Gasteiger partial charge in [-0.05, 0) is 31.1 Å². The van der Waals surface area contributed by atoms with Crippen LogP contribution in [0, 0.1) is 30.6 Å². The Morgan fingerprint density at radius 3 is 1.47 bits per heavy atom. The van der Waals surface area contributed by atoms with E-state index in [1.165, 1.54) is 20.8 Å². The Kier molecular flexibility index (Phi) is 3.39. The van der Waals surface area contributed by atoms with Crippen molar-refractivity contribution in [2.24, 2.45) is 10.4 Å². The van der Waals surface area contributed by atoms with Crippen molar-refractivity contribution in [2.75, 3.05) is 0 Å². The third-order valence-corrected chi connectivity index (χ3v) is 3.67. The van der Waals surface area contributed by atoms with Gasteiger partial charge in [0.1, 0.15) is 16.3 Å². The van der Waals surface area contributed by atoms with E-state index in [1.807, 2.05) is 0 Å². The van der Waals surface area contributed by atoms with E-state index in [9.17, 15) is 18.2 Å². The Balaban J connectivity index is 3.99. The van der Waals surface area contributed by atoms with Crippen LogP contribution in [0.3, 0.4) is 0 Å². The molecule has 92 valence electrons. The molecule has 0 atom stereocenters. The molecule has 1 aromatic carbocycles. The molecule has 7 nitrogen and oxygen atoms in total. The number of benzene rings is 1. The van der Waals surface area contributed by atoms with E-state index < -0.39 is 15.0 Å². The predicted molar refractivity (Wildman–Crippen MR) is 61.4 cm³/mol. The van der Waals surface area contributed by atoms with Crippen LogP contribution in [-0.4, -0.2) is 13.0 Å². The van der Waals surface area contributed by atoms with Gasteiger partial charge in [0.05, 0.1) is 0 Å². The highest BCUT2D eigenvalue weighted by molar-refractivity contribution is 7.86. The zero-order valence-corrected chi connectivity index (χ0v) is 10.2. The van der Waals surface area contributed by atoms with Crippen LogP contribution in [0.4, 0.5) is 11.4 Å². The summed E-state index contributed by atoms with van der Waals surface area (Å²) in [6.07, 6.45) is 0. The van der Waals surface area contributed by atoms with Gasteiger partial charge < -0.3 is 0 Å². The van der Waals surface area contributed by atoms with Gasteiger partial charge in [0.2, 0.25) is 0 Å². The maximum absolute atomic E-state index is 11.2. The molecule has 0 aliphatic heterocycles. The first-order valence-electron chi connectivity index (χ1n) is 4.53. The number of nitrogens with zero attached hydrogens (tertiary/aromatic N) is 2. The third-order valence-electron chi connectivity index (χ3n) is 2.54. The monoisotopic (exact) mass is 258 g/mol. The van der Waals surface area contributed by atoms with Gasteiger partial charge in [0.15, 0.2) is 0 Å². The lowest BCUT2D eigenvalue weighted by Crippen LogP contribution is -2.05. The summed E-state index contributed by atoms with van der Waals surface area (Å²) < 4.78 is 31.4. The molecule has 1 rings (SSSR count). The highest BCUT2D eigenvalue weighted by atomic mass is 32.2. The molecular weight excluding hydrogens is 248 g/mol. The largest absolute Gasteiger partial charge is 0.295 e. The maximum Gasteiger partial charge on any atom is 0.295 e. The molecule has 0 radical (unpaired) electrons. The molecule has 0 bridgehead atoms. The Morgan fingerprint density at radius 2 is 1.24 bits per heavy atom. The Morgan fingerprint density at radius 1 is 0.882 bits per heavy atom. The summed E-state index contributed by atoms with van der Waals surface area (Å²) in [6.45, 7) is 4.09. The normalized spacial score (nSPS) is 11.3. The van der Waals surface area contributed by atoms with Crippen LogP contribution >= 0.6 is 0 Å². The zero-order valence-electron chi connectivity index (χ0n) is 9.38. The summed E-state index contributed by atoms with van der Waals surface area (Å²) in [6, 6.07) is 0. The minimum atomic E-state index is -4.54. The van der Waals surface area contributed by atoms with Gasteiger partial charge in [-0.1, -0.05) is 0 Å². The smallest absolute Gasteiger partial charge is 0.282 e. The number of nitroso groups, excluding NO2 is 2. The van der Waals surface area contributed by atoms with E-state index in [1.54, 1.807) is 0 Å². The summed E-state index contributed by atoms with van der Waals surface area (Å²) in [5, 5.41) is 5.34. The molecule has 0 unspecified atom stereocenters. The van der Waals surface area contributed by atoms with Crippen molar-refractivity contribution in [3.63, 3.8) is 0 Å². The van der Waals surface area contributed by atoms with Crippen LogP contribution in [-0.2, 0) is 10.1 Å². The first-order chi connectivity index (χ1) is 7.75. The molecule has 0 amide bonds. The first kappa shape index (κ1) is 13.4. The Labute approximate surface area is 97.5 Å². The highest BCUT2D eigenvalue weighted by Crippen LogP contribution is 2.39. The molecule has 0 fully saturated rings. The summed E-state index contributed by atoms with van der Waals surface area (Å²) in [5.41, 5.74) is -0.192. The topological polar surface area (TPSA) is 113 Å². The molecule has 1 aromatic rings. The summed E-state index contributed by atoms with van der Waals surface area (Å²) in [5.74, 6) is 0. The molecule has 0 aliphatic carbocycles. The maximum atomic E-state index is 11.2. The fraction of sp³-hybridized carbons (Fsp3) is 0.333. The molecule has 1 N–H and O–H groups in total. The van der Waals surface area contributed by atoms with Crippen molar-refractivity contribution in [2.45, 2.75) is 25.7 Å². The van der Waals surface area contributed by atoms with E-state index in [0.29, 0.717) is 0 Å². The van der Waals surface area contributed by atoms with Crippen LogP contribution in [0.2, 0.25) is 0 Å². The van der Waals surface area contributed by atoms with Crippen LogP contribution in [0.25, 0.3) is 0 Å². The molecule has 0 spiro atoms. The Hall–Kier alpha value is -1.67. The minimum Gasteiger partial charge on any atom is -0.282 e. The second kappa shape index (κ2) is 4.30. The standard InChI is InChI=1S/C9H10N2O5S/c1-4-7(10-12)5(2)9(17(14,15)16)6(3)8(4)11-13/h1-3H3,(H,14,15,16). The van der Waals surface area contributed by atoms with Crippen molar-refractivity contribution in [1.29, 1.82) is 0 Å². The molecule has 0 aliphatic rings.